The Bertz CT molecular complexity index is 787. The third-order valence-electron chi connectivity index (χ3n) is 3.60. The van der Waals surface area contributed by atoms with Gasteiger partial charge in [0.2, 0.25) is 0 Å². The summed E-state index contributed by atoms with van der Waals surface area (Å²) in [6, 6.07) is 11.7. The van der Waals surface area contributed by atoms with Gasteiger partial charge in [0.15, 0.2) is 5.78 Å². The van der Waals surface area contributed by atoms with Gasteiger partial charge in [-0.1, -0.05) is 18.2 Å². The first-order chi connectivity index (χ1) is 10.2. The molecule has 3 aromatic rings. The van der Waals surface area contributed by atoms with Gasteiger partial charge in [-0.2, -0.15) is 5.10 Å². The molecule has 21 heavy (non-hydrogen) atoms. The van der Waals surface area contributed by atoms with Crippen molar-refractivity contribution in [2.75, 3.05) is 0 Å². The van der Waals surface area contributed by atoms with Crippen LogP contribution in [-0.4, -0.2) is 20.5 Å². The first-order valence-corrected chi connectivity index (χ1v) is 7.09. The fourth-order valence-electron chi connectivity index (χ4n) is 2.45. The Hall–Kier alpha value is -2.49. The molecule has 4 nitrogen and oxygen atoms in total. The van der Waals surface area contributed by atoms with Crippen LogP contribution in [-0.2, 0) is 13.0 Å². The van der Waals surface area contributed by atoms with E-state index in [0.29, 0.717) is 12.0 Å². The van der Waals surface area contributed by atoms with E-state index in [4.69, 9.17) is 0 Å². The van der Waals surface area contributed by atoms with Crippen LogP contribution in [0.3, 0.4) is 0 Å². The van der Waals surface area contributed by atoms with Crippen LogP contribution < -0.4 is 0 Å². The predicted molar refractivity (Wildman–Crippen MR) is 82.4 cm³/mol. The number of para-hydroxylation sites is 1. The molecule has 0 spiro atoms. The van der Waals surface area contributed by atoms with Crippen molar-refractivity contribution in [1.82, 2.24) is 14.8 Å². The second kappa shape index (κ2) is 5.48. The number of carbonyl (C=O) groups is 1. The number of benzene rings is 1. The number of ketones is 1. The fourth-order valence-corrected chi connectivity index (χ4v) is 2.45. The Balaban J connectivity index is 1.94. The van der Waals surface area contributed by atoms with Gasteiger partial charge in [-0.15, -0.1) is 0 Å². The Kier molecular flexibility index (Phi) is 3.52. The Morgan fingerprint density at radius 3 is 2.71 bits per heavy atom. The van der Waals surface area contributed by atoms with Gasteiger partial charge < -0.3 is 0 Å². The first kappa shape index (κ1) is 13.5. The molecular weight excluding hydrogens is 262 g/mol. The minimum atomic E-state index is 0.0500. The molecule has 4 heteroatoms. The van der Waals surface area contributed by atoms with Crippen molar-refractivity contribution in [2.24, 2.45) is 0 Å². The highest BCUT2D eigenvalue weighted by Gasteiger charge is 2.14. The zero-order chi connectivity index (χ0) is 14.8. The van der Waals surface area contributed by atoms with Crippen molar-refractivity contribution in [3.05, 3.63) is 59.5 Å². The molecule has 0 aliphatic rings. The van der Waals surface area contributed by atoms with E-state index in [1.54, 1.807) is 6.20 Å². The lowest BCUT2D eigenvalue weighted by Crippen LogP contribution is -2.06. The minimum absolute atomic E-state index is 0.0500. The maximum Gasteiger partial charge on any atom is 0.170 e. The number of aryl methyl sites for hydroxylation is 2. The molecule has 0 bridgehead atoms. The number of aromatic nitrogens is 3. The average molecular weight is 279 g/mol. The summed E-state index contributed by atoms with van der Waals surface area (Å²) < 4.78 is 1.94. The molecule has 3 rings (SSSR count). The fraction of sp³-hybridized carbons (Fsp3) is 0.235. The van der Waals surface area contributed by atoms with Gasteiger partial charge in [-0.3, -0.25) is 14.5 Å². The third-order valence-corrected chi connectivity index (χ3v) is 3.60. The molecule has 0 aliphatic carbocycles. The van der Waals surface area contributed by atoms with Crippen LogP contribution in [0.5, 0.6) is 0 Å². The summed E-state index contributed by atoms with van der Waals surface area (Å²) in [5, 5.41) is 5.62. The molecule has 0 amide bonds. The van der Waals surface area contributed by atoms with E-state index < -0.39 is 0 Å². The van der Waals surface area contributed by atoms with E-state index in [-0.39, 0.29) is 5.78 Å². The number of nitrogens with zero attached hydrogens (tertiary/aromatic N) is 3. The molecular formula is C17H17N3O. The highest BCUT2D eigenvalue weighted by molar-refractivity contribution is 5.99. The number of carbonyl (C=O) groups excluding carboxylic acids is 1. The van der Waals surface area contributed by atoms with Gasteiger partial charge in [0.05, 0.1) is 17.6 Å². The van der Waals surface area contributed by atoms with Crippen LogP contribution in [0.25, 0.3) is 10.9 Å². The molecule has 0 N–H and O–H groups in total. The molecule has 2 heterocycles. The van der Waals surface area contributed by atoms with Gasteiger partial charge >= 0.3 is 0 Å². The normalized spacial score (nSPS) is 11.0. The van der Waals surface area contributed by atoms with E-state index in [9.17, 15) is 4.79 Å². The maximum atomic E-state index is 12.4. The number of Topliss-reactive ketones (excluding diaryl/α,β-unsaturated/α-hetero) is 1. The monoisotopic (exact) mass is 279 g/mol. The van der Waals surface area contributed by atoms with E-state index in [1.807, 2.05) is 48.0 Å². The molecule has 0 unspecified atom stereocenters. The second-order valence-electron chi connectivity index (χ2n) is 5.07. The molecule has 2 aromatic heterocycles. The lowest BCUT2D eigenvalue weighted by Gasteiger charge is -1.99. The summed E-state index contributed by atoms with van der Waals surface area (Å²) in [5.41, 5.74) is 3.45. The van der Waals surface area contributed by atoms with Crippen molar-refractivity contribution in [2.45, 2.75) is 26.8 Å². The summed E-state index contributed by atoms with van der Waals surface area (Å²) >= 11 is 0. The summed E-state index contributed by atoms with van der Waals surface area (Å²) in [4.78, 5) is 16.6. The van der Waals surface area contributed by atoms with Gasteiger partial charge in [0.1, 0.15) is 0 Å². The highest BCUT2D eigenvalue weighted by Crippen LogP contribution is 2.20. The second-order valence-corrected chi connectivity index (χ2v) is 5.07. The van der Waals surface area contributed by atoms with Crippen molar-refractivity contribution >= 4 is 16.7 Å². The topological polar surface area (TPSA) is 47.8 Å². The molecule has 0 saturated carbocycles. The Labute approximate surface area is 123 Å². The lowest BCUT2D eigenvalue weighted by atomic mass is 10.1. The predicted octanol–water partition coefficient (Wildman–Crippen LogP) is 3.19. The highest BCUT2D eigenvalue weighted by atomic mass is 16.1. The summed E-state index contributed by atoms with van der Waals surface area (Å²) in [5.74, 6) is 0.0500. The van der Waals surface area contributed by atoms with Crippen molar-refractivity contribution in [1.29, 1.82) is 0 Å². The molecule has 106 valence electrons. The van der Waals surface area contributed by atoms with Gasteiger partial charge in [-0.25, -0.2) is 0 Å². The van der Waals surface area contributed by atoms with E-state index in [1.165, 1.54) is 0 Å². The number of fused-ring (bicyclic) bond motifs is 1. The molecule has 0 fully saturated rings. The van der Waals surface area contributed by atoms with E-state index in [0.717, 1.165) is 28.8 Å². The average Bonchev–Trinajstić information content (AvgIpc) is 2.86. The smallest absolute Gasteiger partial charge is 0.170 e. The van der Waals surface area contributed by atoms with Crippen molar-refractivity contribution in [3.8, 4) is 0 Å². The standard InChI is InChI=1S/C17H17N3O/c1-3-20-16-7-5-4-6-14(16)15(19-20)10-17(21)13-9-8-12(2)18-11-13/h4-9,11H,3,10H2,1-2H3. The Morgan fingerprint density at radius 1 is 1.19 bits per heavy atom. The van der Waals surface area contributed by atoms with Crippen LogP contribution in [0.15, 0.2) is 42.6 Å². The van der Waals surface area contributed by atoms with E-state index >= 15 is 0 Å². The molecule has 0 radical (unpaired) electrons. The molecule has 0 saturated heterocycles. The van der Waals surface area contributed by atoms with Crippen LogP contribution in [0.1, 0.15) is 28.7 Å². The largest absolute Gasteiger partial charge is 0.294 e. The van der Waals surface area contributed by atoms with Gasteiger partial charge in [-0.05, 0) is 32.0 Å². The zero-order valence-electron chi connectivity index (χ0n) is 12.2. The van der Waals surface area contributed by atoms with Crippen molar-refractivity contribution in [3.63, 3.8) is 0 Å². The van der Waals surface area contributed by atoms with Crippen LogP contribution >= 0.6 is 0 Å². The summed E-state index contributed by atoms with van der Waals surface area (Å²) in [7, 11) is 0. The number of pyridine rings is 1. The van der Waals surface area contributed by atoms with Crippen molar-refractivity contribution < 1.29 is 4.79 Å². The van der Waals surface area contributed by atoms with E-state index in [2.05, 4.69) is 17.0 Å². The van der Waals surface area contributed by atoms with Gasteiger partial charge in [0, 0.05) is 29.4 Å². The maximum absolute atomic E-state index is 12.4. The number of rotatable bonds is 4. The SMILES string of the molecule is CCn1nc(CC(=O)c2ccc(C)nc2)c2ccccc21. The molecule has 1 aromatic carbocycles. The minimum Gasteiger partial charge on any atom is -0.294 e. The Morgan fingerprint density at radius 2 is 2.00 bits per heavy atom. The van der Waals surface area contributed by atoms with Crippen LogP contribution in [0.2, 0.25) is 0 Å². The summed E-state index contributed by atoms with van der Waals surface area (Å²) in [6.07, 6.45) is 1.94. The quantitative estimate of drug-likeness (QED) is 0.689. The van der Waals surface area contributed by atoms with Gasteiger partial charge in [0.25, 0.3) is 0 Å². The zero-order valence-corrected chi connectivity index (χ0v) is 12.2. The first-order valence-electron chi connectivity index (χ1n) is 7.09. The lowest BCUT2D eigenvalue weighted by molar-refractivity contribution is 0.0991. The number of hydrogen-bond donors (Lipinski definition) is 0. The van der Waals surface area contributed by atoms with Crippen LogP contribution in [0, 0.1) is 6.92 Å². The van der Waals surface area contributed by atoms with Crippen LogP contribution in [0.4, 0.5) is 0 Å². The third kappa shape index (κ3) is 2.57. The summed E-state index contributed by atoms with van der Waals surface area (Å²) in [6.45, 7) is 4.75. The number of hydrogen-bond acceptors (Lipinski definition) is 3. The molecule has 0 atom stereocenters. The molecule has 0 aliphatic heterocycles.